The molecular formula is C22H21N3O. The molecule has 0 N–H and O–H groups in total. The van der Waals surface area contributed by atoms with Gasteiger partial charge in [-0.3, -0.25) is 0 Å². The maximum absolute atomic E-state index is 8.82. The lowest BCUT2D eigenvalue weighted by molar-refractivity contribution is 0.515. The Morgan fingerprint density at radius 1 is 1.04 bits per heavy atom. The summed E-state index contributed by atoms with van der Waals surface area (Å²) in [6.45, 7) is 9.86. The lowest BCUT2D eigenvalue weighted by Crippen LogP contribution is -2.01. The van der Waals surface area contributed by atoms with Crippen molar-refractivity contribution < 1.29 is 4.74 Å². The Bertz CT molecular complexity index is 910. The van der Waals surface area contributed by atoms with Gasteiger partial charge in [-0.1, -0.05) is 50.8 Å². The monoisotopic (exact) mass is 343 g/mol. The quantitative estimate of drug-likeness (QED) is 0.595. The number of rotatable bonds is 4. The zero-order chi connectivity index (χ0) is 18.9. The Morgan fingerprint density at radius 2 is 1.69 bits per heavy atom. The van der Waals surface area contributed by atoms with E-state index in [1.54, 1.807) is 30.5 Å². The molecule has 2 aromatic carbocycles. The first-order valence-corrected chi connectivity index (χ1v) is 8.44. The molecule has 0 fully saturated rings. The van der Waals surface area contributed by atoms with E-state index in [1.165, 1.54) is 0 Å². The van der Waals surface area contributed by atoms with Gasteiger partial charge in [0.25, 0.3) is 0 Å². The van der Waals surface area contributed by atoms with Crippen molar-refractivity contribution in [1.29, 1.82) is 5.26 Å². The molecule has 0 unspecified atom stereocenters. The van der Waals surface area contributed by atoms with Gasteiger partial charge < -0.3 is 4.74 Å². The molecule has 0 aliphatic rings. The lowest BCUT2D eigenvalue weighted by atomic mass is 10.1. The highest BCUT2D eigenvalue weighted by Gasteiger charge is 2.10. The van der Waals surface area contributed by atoms with E-state index in [2.05, 4.69) is 22.6 Å². The normalized spacial score (nSPS) is 9.46. The highest BCUT2D eigenvalue weighted by molar-refractivity contribution is 5.63. The Balaban J connectivity index is 0.00000117. The van der Waals surface area contributed by atoms with Gasteiger partial charge in [-0.2, -0.15) is 5.26 Å². The van der Waals surface area contributed by atoms with Crippen LogP contribution in [-0.2, 0) is 0 Å². The summed E-state index contributed by atoms with van der Waals surface area (Å²) in [5.41, 5.74) is 3.09. The van der Waals surface area contributed by atoms with E-state index in [0.717, 1.165) is 16.8 Å². The molecule has 0 radical (unpaired) electrons. The fourth-order valence-corrected chi connectivity index (χ4v) is 2.26. The molecule has 0 atom stereocenters. The van der Waals surface area contributed by atoms with E-state index in [-0.39, 0.29) is 0 Å². The number of benzene rings is 2. The average Bonchev–Trinajstić information content (AvgIpc) is 2.70. The van der Waals surface area contributed by atoms with Gasteiger partial charge in [0.05, 0.1) is 22.9 Å². The second-order valence-electron chi connectivity index (χ2n) is 5.22. The SMILES string of the molecule is C=C(Oc1ccc(C#N)cc1)c1cnc(-c2ccccc2)nc1C.CC. The van der Waals surface area contributed by atoms with Gasteiger partial charge in [0, 0.05) is 11.8 Å². The first-order chi connectivity index (χ1) is 12.7. The maximum Gasteiger partial charge on any atom is 0.159 e. The highest BCUT2D eigenvalue weighted by atomic mass is 16.5. The van der Waals surface area contributed by atoms with Gasteiger partial charge in [-0.25, -0.2) is 9.97 Å². The second-order valence-corrected chi connectivity index (χ2v) is 5.22. The number of aryl methyl sites for hydroxylation is 1. The van der Waals surface area contributed by atoms with Crippen LogP contribution in [0.5, 0.6) is 5.75 Å². The molecular weight excluding hydrogens is 322 g/mol. The molecule has 0 saturated heterocycles. The fourth-order valence-electron chi connectivity index (χ4n) is 2.26. The van der Waals surface area contributed by atoms with E-state index >= 15 is 0 Å². The van der Waals surface area contributed by atoms with Crippen molar-refractivity contribution in [1.82, 2.24) is 9.97 Å². The van der Waals surface area contributed by atoms with Gasteiger partial charge in [-0.05, 0) is 31.2 Å². The molecule has 4 heteroatoms. The number of nitrogens with zero attached hydrogens (tertiary/aromatic N) is 3. The number of ether oxygens (including phenoxy) is 1. The van der Waals surface area contributed by atoms with E-state index < -0.39 is 0 Å². The molecule has 0 saturated carbocycles. The Labute approximate surface area is 154 Å². The third kappa shape index (κ3) is 4.55. The molecule has 130 valence electrons. The minimum Gasteiger partial charge on any atom is -0.457 e. The van der Waals surface area contributed by atoms with Crippen LogP contribution in [0.3, 0.4) is 0 Å². The number of nitriles is 1. The van der Waals surface area contributed by atoms with Crippen molar-refractivity contribution in [2.75, 3.05) is 0 Å². The van der Waals surface area contributed by atoms with Crippen molar-refractivity contribution in [3.63, 3.8) is 0 Å². The fraction of sp³-hybridized carbons (Fsp3) is 0.136. The zero-order valence-corrected chi connectivity index (χ0v) is 15.2. The molecule has 3 rings (SSSR count). The second kappa shape index (κ2) is 9.14. The lowest BCUT2D eigenvalue weighted by Gasteiger charge is -2.11. The first kappa shape index (κ1) is 18.9. The van der Waals surface area contributed by atoms with Crippen molar-refractivity contribution in [2.24, 2.45) is 0 Å². The van der Waals surface area contributed by atoms with E-state index in [4.69, 9.17) is 10.00 Å². The molecule has 26 heavy (non-hydrogen) atoms. The molecule has 1 heterocycles. The molecule has 3 aromatic rings. The van der Waals surface area contributed by atoms with Crippen molar-refractivity contribution in [3.8, 4) is 23.2 Å². The molecule has 4 nitrogen and oxygen atoms in total. The van der Waals surface area contributed by atoms with Crippen LogP contribution in [0.1, 0.15) is 30.7 Å². The highest BCUT2D eigenvalue weighted by Crippen LogP contribution is 2.23. The van der Waals surface area contributed by atoms with Crippen LogP contribution in [0.2, 0.25) is 0 Å². The summed E-state index contributed by atoms with van der Waals surface area (Å²) < 4.78 is 5.74. The maximum atomic E-state index is 8.82. The molecule has 0 spiro atoms. The van der Waals surface area contributed by atoms with Crippen LogP contribution in [0.25, 0.3) is 17.1 Å². The van der Waals surface area contributed by atoms with Gasteiger partial charge in [0.2, 0.25) is 0 Å². The topological polar surface area (TPSA) is 58.8 Å². The molecule has 0 amide bonds. The van der Waals surface area contributed by atoms with E-state index in [1.807, 2.05) is 51.1 Å². The predicted molar refractivity (Wildman–Crippen MR) is 104 cm³/mol. The van der Waals surface area contributed by atoms with Gasteiger partial charge in [0.15, 0.2) is 5.82 Å². The van der Waals surface area contributed by atoms with E-state index in [9.17, 15) is 0 Å². The minimum absolute atomic E-state index is 0.469. The Kier molecular flexibility index (Phi) is 6.64. The Morgan fingerprint density at radius 3 is 2.27 bits per heavy atom. The van der Waals surface area contributed by atoms with Crippen molar-refractivity contribution >= 4 is 5.76 Å². The summed E-state index contributed by atoms with van der Waals surface area (Å²) >= 11 is 0. The van der Waals surface area contributed by atoms with Crippen LogP contribution in [0.15, 0.2) is 67.4 Å². The molecule has 1 aromatic heterocycles. The minimum atomic E-state index is 0.469. The molecule has 0 aliphatic carbocycles. The zero-order valence-electron chi connectivity index (χ0n) is 15.2. The van der Waals surface area contributed by atoms with Crippen LogP contribution >= 0.6 is 0 Å². The average molecular weight is 343 g/mol. The third-order valence-corrected chi connectivity index (χ3v) is 3.54. The number of hydrogen-bond donors (Lipinski definition) is 0. The summed E-state index contributed by atoms with van der Waals surface area (Å²) in [6.07, 6.45) is 1.72. The summed E-state index contributed by atoms with van der Waals surface area (Å²) in [6, 6.07) is 18.7. The van der Waals surface area contributed by atoms with Gasteiger partial charge in [0.1, 0.15) is 11.5 Å². The summed E-state index contributed by atoms with van der Waals surface area (Å²) in [4.78, 5) is 8.94. The van der Waals surface area contributed by atoms with E-state index in [0.29, 0.717) is 22.9 Å². The summed E-state index contributed by atoms with van der Waals surface area (Å²) in [7, 11) is 0. The summed E-state index contributed by atoms with van der Waals surface area (Å²) in [5.74, 6) is 1.75. The third-order valence-electron chi connectivity index (χ3n) is 3.54. The molecule has 0 aliphatic heterocycles. The first-order valence-electron chi connectivity index (χ1n) is 8.44. The molecule has 0 bridgehead atoms. The summed E-state index contributed by atoms with van der Waals surface area (Å²) in [5, 5.41) is 8.82. The number of aromatic nitrogens is 2. The van der Waals surface area contributed by atoms with Crippen LogP contribution < -0.4 is 4.74 Å². The van der Waals surface area contributed by atoms with Crippen LogP contribution in [-0.4, -0.2) is 9.97 Å². The van der Waals surface area contributed by atoms with Gasteiger partial charge >= 0.3 is 0 Å². The van der Waals surface area contributed by atoms with Crippen LogP contribution in [0.4, 0.5) is 0 Å². The smallest absolute Gasteiger partial charge is 0.159 e. The van der Waals surface area contributed by atoms with Crippen molar-refractivity contribution in [2.45, 2.75) is 20.8 Å². The van der Waals surface area contributed by atoms with Crippen molar-refractivity contribution in [3.05, 3.63) is 84.2 Å². The van der Waals surface area contributed by atoms with Gasteiger partial charge in [-0.15, -0.1) is 0 Å². The number of hydrogen-bond acceptors (Lipinski definition) is 4. The largest absolute Gasteiger partial charge is 0.457 e. The Hall–Kier alpha value is -3.45. The van der Waals surface area contributed by atoms with Crippen LogP contribution in [0, 0.1) is 18.3 Å². The standard InChI is InChI=1S/C20H15N3O.C2H6/c1-14-19(13-22-20(23-14)17-6-4-3-5-7-17)15(2)24-18-10-8-16(12-21)9-11-18;1-2/h3-11,13H,2H2,1H3;1-2H3. The predicted octanol–water partition coefficient (Wildman–Crippen LogP) is 5.40.